The summed E-state index contributed by atoms with van der Waals surface area (Å²) in [5.41, 5.74) is 4.27. The van der Waals surface area contributed by atoms with Gasteiger partial charge in [0.1, 0.15) is 6.10 Å². The zero-order chi connectivity index (χ0) is 31.7. The summed E-state index contributed by atoms with van der Waals surface area (Å²) < 4.78 is 5.93. The fourth-order valence-electron chi connectivity index (χ4n) is 7.04. The Morgan fingerprint density at radius 3 is 2.20 bits per heavy atom. The molecule has 44 heavy (non-hydrogen) atoms. The van der Waals surface area contributed by atoms with E-state index in [0.717, 1.165) is 42.9 Å². The Kier molecular flexibility index (Phi) is 9.70. The molecule has 1 aromatic heterocycles. The molecule has 3 fully saturated rings. The summed E-state index contributed by atoms with van der Waals surface area (Å²) in [6.45, 7) is 14.5. The van der Waals surface area contributed by atoms with Crippen LogP contribution in [0.3, 0.4) is 0 Å². The number of ketones is 1. The van der Waals surface area contributed by atoms with Crippen molar-refractivity contribution in [2.24, 2.45) is 11.8 Å². The highest BCUT2D eigenvalue weighted by Gasteiger charge is 2.42. The molecule has 0 radical (unpaired) electrons. The quantitative estimate of drug-likeness (QED) is 0.421. The molecule has 0 saturated carbocycles. The van der Waals surface area contributed by atoms with E-state index < -0.39 is 0 Å². The van der Waals surface area contributed by atoms with Gasteiger partial charge in [-0.1, -0.05) is 17.7 Å². The average molecular weight is 626 g/mol. The van der Waals surface area contributed by atoms with Crippen molar-refractivity contribution >= 4 is 41.0 Å². The second kappa shape index (κ2) is 13.3. The number of fused-ring (bicyclic) bond motifs is 1. The highest BCUT2D eigenvalue weighted by atomic mass is 35.5. The number of nitrogens with zero attached hydrogens (tertiary/aromatic N) is 4. The maximum Gasteiger partial charge on any atom is 0.414 e. The number of halogens is 1. The summed E-state index contributed by atoms with van der Waals surface area (Å²) in [6.07, 6.45) is 1.41. The molecular weight excluding hydrogens is 582 g/mol. The number of likely N-dealkylation sites (tertiary alicyclic amines) is 3. The number of piperidine rings is 1. The van der Waals surface area contributed by atoms with Gasteiger partial charge < -0.3 is 24.4 Å². The Morgan fingerprint density at radius 2 is 1.64 bits per heavy atom. The minimum absolute atomic E-state index is 0.00239. The number of carbonyl (C=O) groups excluding carboxylic acids is 4. The fourth-order valence-corrected chi connectivity index (χ4v) is 7.22. The van der Waals surface area contributed by atoms with E-state index in [1.54, 1.807) is 16.7 Å². The van der Waals surface area contributed by atoms with Crippen LogP contribution in [0.2, 0.25) is 5.02 Å². The molecule has 1 N–H and O–H groups in total. The van der Waals surface area contributed by atoms with Crippen LogP contribution in [-0.4, -0.2) is 102 Å². The summed E-state index contributed by atoms with van der Waals surface area (Å²) in [4.78, 5) is 61.4. The normalized spacial score (nSPS) is 20.6. The Bertz CT molecular complexity index is 1420. The van der Waals surface area contributed by atoms with Crippen LogP contribution in [-0.2, 0) is 9.53 Å². The van der Waals surface area contributed by atoms with Gasteiger partial charge in [-0.15, -0.1) is 0 Å². The molecule has 5 rings (SSSR count). The largest absolute Gasteiger partial charge is 0.446 e. The van der Waals surface area contributed by atoms with E-state index in [1.165, 1.54) is 6.92 Å². The van der Waals surface area contributed by atoms with Crippen molar-refractivity contribution in [3.8, 4) is 0 Å². The second-order valence-electron chi connectivity index (χ2n) is 12.7. The number of nitrogens with one attached hydrogen (secondary N) is 1. The van der Waals surface area contributed by atoms with Crippen molar-refractivity contribution < 1.29 is 23.9 Å². The third-order valence-electron chi connectivity index (χ3n) is 9.55. The number of hydrogen-bond acceptors (Lipinski definition) is 6. The zero-order valence-electron chi connectivity index (χ0n) is 26.5. The molecule has 3 aliphatic rings. The van der Waals surface area contributed by atoms with Crippen molar-refractivity contribution in [2.45, 2.75) is 60.0 Å². The van der Waals surface area contributed by atoms with Gasteiger partial charge in [-0.2, -0.15) is 0 Å². The van der Waals surface area contributed by atoms with E-state index in [0.29, 0.717) is 79.4 Å². The fraction of sp³-hybridized carbons (Fsp3) is 0.576. The molecule has 3 saturated heterocycles. The van der Waals surface area contributed by atoms with Gasteiger partial charge in [0, 0.05) is 88.9 Å². The third kappa shape index (κ3) is 6.81. The number of amides is 3. The molecule has 0 spiro atoms. The third-order valence-corrected chi connectivity index (χ3v) is 9.96. The molecule has 10 nitrogen and oxygen atoms in total. The molecule has 0 aliphatic carbocycles. The Labute approximate surface area is 264 Å². The van der Waals surface area contributed by atoms with Crippen molar-refractivity contribution in [3.05, 3.63) is 51.3 Å². The maximum absolute atomic E-state index is 13.4. The molecule has 11 heteroatoms. The summed E-state index contributed by atoms with van der Waals surface area (Å²) in [5.74, 6) is 0.797. The number of carbonyl (C=O) groups is 4. The zero-order valence-corrected chi connectivity index (χ0v) is 27.2. The lowest BCUT2D eigenvalue weighted by Crippen LogP contribution is -2.43. The average Bonchev–Trinajstić information content (AvgIpc) is 3.63. The van der Waals surface area contributed by atoms with Crippen LogP contribution in [0.15, 0.2) is 18.2 Å². The lowest BCUT2D eigenvalue weighted by atomic mass is 10.0. The van der Waals surface area contributed by atoms with Gasteiger partial charge in [-0.25, -0.2) is 4.79 Å². The first-order valence-electron chi connectivity index (χ1n) is 15.6. The van der Waals surface area contributed by atoms with Crippen LogP contribution in [0.5, 0.6) is 0 Å². The van der Waals surface area contributed by atoms with E-state index in [-0.39, 0.29) is 29.8 Å². The number of rotatable bonds is 8. The standard InChI is InChI=1S/C33H44ClN5O5/c1-20-7-8-27(15-29(20)34)39(33(43)44-28-9-13-37(14-10-28)24(5)41)12-6-11-36-16-25-18-38(19-26(25)17-36)32(42)30-21(2)31(23(4)40)35-22(30)3/h7-8,15,25-26,28,35H,6,9-14,16-19H2,1-5H3. The maximum atomic E-state index is 13.4. The van der Waals surface area contributed by atoms with Crippen LogP contribution in [0.4, 0.5) is 10.5 Å². The second-order valence-corrected chi connectivity index (χ2v) is 13.1. The molecule has 3 aliphatic heterocycles. The predicted octanol–water partition coefficient (Wildman–Crippen LogP) is 4.84. The van der Waals surface area contributed by atoms with Gasteiger partial charge in [-0.3, -0.25) is 19.3 Å². The topological polar surface area (TPSA) is 106 Å². The van der Waals surface area contributed by atoms with E-state index >= 15 is 0 Å². The van der Waals surface area contributed by atoms with Crippen LogP contribution in [0.25, 0.3) is 0 Å². The summed E-state index contributed by atoms with van der Waals surface area (Å²) in [6, 6.07) is 5.63. The van der Waals surface area contributed by atoms with Crippen molar-refractivity contribution in [3.63, 3.8) is 0 Å². The van der Waals surface area contributed by atoms with Gasteiger partial charge >= 0.3 is 6.09 Å². The van der Waals surface area contributed by atoms with Gasteiger partial charge in [0.2, 0.25) is 5.91 Å². The lowest BCUT2D eigenvalue weighted by Gasteiger charge is -2.32. The van der Waals surface area contributed by atoms with Crippen LogP contribution >= 0.6 is 11.6 Å². The summed E-state index contributed by atoms with van der Waals surface area (Å²) >= 11 is 6.43. The Hall–Kier alpha value is -3.37. The predicted molar refractivity (Wildman–Crippen MR) is 170 cm³/mol. The van der Waals surface area contributed by atoms with E-state index in [9.17, 15) is 19.2 Å². The van der Waals surface area contributed by atoms with E-state index in [4.69, 9.17) is 16.3 Å². The molecule has 3 amide bonds. The van der Waals surface area contributed by atoms with Crippen molar-refractivity contribution in [1.82, 2.24) is 19.7 Å². The van der Waals surface area contributed by atoms with Crippen molar-refractivity contribution in [1.29, 1.82) is 0 Å². The molecule has 1 aromatic carbocycles. The molecular formula is C33H44ClN5O5. The highest BCUT2D eigenvalue weighted by molar-refractivity contribution is 6.31. The smallest absolute Gasteiger partial charge is 0.414 e. The Balaban J connectivity index is 1.15. The number of H-pyrrole nitrogens is 1. The summed E-state index contributed by atoms with van der Waals surface area (Å²) in [5, 5.41) is 0.601. The van der Waals surface area contributed by atoms with Crippen LogP contribution < -0.4 is 4.90 Å². The first kappa shape index (κ1) is 32.0. The summed E-state index contributed by atoms with van der Waals surface area (Å²) in [7, 11) is 0. The van der Waals surface area contributed by atoms with Gasteiger partial charge in [0.25, 0.3) is 5.91 Å². The van der Waals surface area contributed by atoms with Gasteiger partial charge in [0.15, 0.2) is 5.78 Å². The first-order chi connectivity index (χ1) is 20.9. The first-order valence-corrected chi connectivity index (χ1v) is 16.0. The number of aromatic nitrogens is 1. The minimum atomic E-state index is -0.387. The number of aromatic amines is 1. The van der Waals surface area contributed by atoms with Crippen LogP contribution in [0, 0.1) is 32.6 Å². The van der Waals surface area contributed by atoms with Crippen molar-refractivity contribution in [2.75, 3.05) is 57.3 Å². The monoisotopic (exact) mass is 625 g/mol. The number of Topliss-reactive ketones (excluding diaryl/α,β-unsaturated/α-hetero) is 1. The van der Waals surface area contributed by atoms with E-state index in [2.05, 4.69) is 9.88 Å². The molecule has 238 valence electrons. The highest BCUT2D eigenvalue weighted by Crippen LogP contribution is 2.33. The Morgan fingerprint density at radius 1 is 0.977 bits per heavy atom. The molecule has 2 unspecified atom stereocenters. The molecule has 0 bridgehead atoms. The SMILES string of the molecule is CC(=O)c1[nH]c(C)c(C(=O)N2CC3CN(CCCN(C(=O)OC4CCN(C(C)=O)CC4)c4ccc(C)c(Cl)c4)CC3C2)c1C. The number of anilines is 1. The number of hydrogen-bond donors (Lipinski definition) is 1. The van der Waals surface area contributed by atoms with E-state index in [1.807, 2.05) is 43.9 Å². The van der Waals surface area contributed by atoms with Crippen LogP contribution in [0.1, 0.15) is 70.8 Å². The lowest BCUT2D eigenvalue weighted by molar-refractivity contribution is -0.130. The van der Waals surface area contributed by atoms with Gasteiger partial charge in [0.05, 0.1) is 11.3 Å². The molecule has 4 heterocycles. The molecule has 2 aromatic rings. The number of aryl methyl sites for hydroxylation is 2. The molecule has 2 atom stereocenters. The minimum Gasteiger partial charge on any atom is -0.446 e. The number of ether oxygens (including phenoxy) is 1. The number of benzene rings is 1. The van der Waals surface area contributed by atoms with Gasteiger partial charge in [-0.05, 0) is 68.8 Å².